The molecule has 1 aliphatic rings. The third kappa shape index (κ3) is 4.74. The fraction of sp³-hybridized carbons (Fsp3) is 0.320. The molecule has 1 heterocycles. The summed E-state index contributed by atoms with van der Waals surface area (Å²) >= 11 is 0. The zero-order valence-corrected chi connectivity index (χ0v) is 17.5. The van der Waals surface area contributed by atoms with Gasteiger partial charge in [-0.15, -0.1) is 0 Å². The Hall–Kier alpha value is -3.05. The number of benzene rings is 3. The quantitative estimate of drug-likeness (QED) is 0.612. The fourth-order valence-electron chi connectivity index (χ4n) is 3.79. The number of amides is 1. The van der Waals surface area contributed by atoms with Gasteiger partial charge >= 0.3 is 0 Å². The van der Waals surface area contributed by atoms with E-state index >= 15 is 0 Å². The van der Waals surface area contributed by atoms with Crippen molar-refractivity contribution in [1.82, 2.24) is 5.32 Å². The van der Waals surface area contributed by atoms with Crippen LogP contribution in [0.4, 0.5) is 5.69 Å². The molecule has 3 aromatic rings. The molecular formula is C25H28N2O3. The average Bonchev–Trinajstić information content (AvgIpc) is 2.98. The highest BCUT2D eigenvalue weighted by Gasteiger charge is 2.20. The molecular weight excluding hydrogens is 376 g/mol. The van der Waals surface area contributed by atoms with Gasteiger partial charge in [-0.25, -0.2) is 0 Å². The van der Waals surface area contributed by atoms with Crippen LogP contribution in [0.5, 0.6) is 11.5 Å². The van der Waals surface area contributed by atoms with E-state index in [0.717, 1.165) is 39.9 Å². The number of hydrogen-bond donors (Lipinski definition) is 2. The topological polar surface area (TPSA) is 59.6 Å². The molecule has 2 N–H and O–H groups in total. The molecule has 4 rings (SSSR count). The van der Waals surface area contributed by atoms with Crippen molar-refractivity contribution in [3.05, 3.63) is 66.2 Å². The zero-order chi connectivity index (χ0) is 20.9. The number of nitrogens with one attached hydrogen (secondary N) is 2. The molecule has 156 valence electrons. The standard InChI is InChI=1S/C25H28N2O3/c1-17(2)25(20-9-11-22-23(15-20)30-13-5-12-29-22)26-16-24(28)27-21-10-8-18-6-3-4-7-19(18)14-21/h3-4,6-11,14-15,17,25-26H,5,12-13,16H2,1-2H3,(H,27,28)/t25-/m0/s1. The first-order valence-corrected chi connectivity index (χ1v) is 10.5. The molecule has 0 radical (unpaired) electrons. The Balaban J connectivity index is 1.42. The van der Waals surface area contributed by atoms with Crippen molar-refractivity contribution < 1.29 is 14.3 Å². The maximum Gasteiger partial charge on any atom is 0.238 e. The SMILES string of the molecule is CC(C)[C@H](NCC(=O)Nc1ccc2ccccc2c1)c1ccc2c(c1)OCCCO2. The smallest absolute Gasteiger partial charge is 0.238 e. The fourth-order valence-corrected chi connectivity index (χ4v) is 3.79. The van der Waals surface area contributed by atoms with Gasteiger partial charge in [0.2, 0.25) is 5.91 Å². The predicted octanol–water partition coefficient (Wildman–Crippen LogP) is 4.93. The van der Waals surface area contributed by atoms with Crippen LogP contribution in [0.1, 0.15) is 31.9 Å². The minimum Gasteiger partial charge on any atom is -0.490 e. The molecule has 0 aliphatic carbocycles. The lowest BCUT2D eigenvalue weighted by atomic mass is 9.95. The van der Waals surface area contributed by atoms with Crippen molar-refractivity contribution in [2.45, 2.75) is 26.3 Å². The highest BCUT2D eigenvalue weighted by molar-refractivity contribution is 5.95. The molecule has 0 fully saturated rings. The van der Waals surface area contributed by atoms with Crippen molar-refractivity contribution in [1.29, 1.82) is 0 Å². The van der Waals surface area contributed by atoms with E-state index in [1.165, 1.54) is 0 Å². The Bertz CT molecular complexity index is 1030. The average molecular weight is 405 g/mol. The summed E-state index contributed by atoms with van der Waals surface area (Å²) < 4.78 is 11.6. The Labute approximate surface area is 177 Å². The number of anilines is 1. The minimum absolute atomic E-state index is 0.0320. The molecule has 0 saturated heterocycles. The third-order valence-electron chi connectivity index (χ3n) is 5.31. The molecule has 1 amide bonds. The van der Waals surface area contributed by atoms with Crippen molar-refractivity contribution in [3.8, 4) is 11.5 Å². The number of carbonyl (C=O) groups is 1. The Morgan fingerprint density at radius 2 is 1.70 bits per heavy atom. The van der Waals surface area contributed by atoms with Gasteiger partial charge in [0.15, 0.2) is 11.5 Å². The number of fused-ring (bicyclic) bond motifs is 2. The van der Waals surface area contributed by atoms with E-state index in [1.54, 1.807) is 0 Å². The highest BCUT2D eigenvalue weighted by atomic mass is 16.5. The first-order chi connectivity index (χ1) is 14.6. The van der Waals surface area contributed by atoms with Crippen molar-refractivity contribution >= 4 is 22.4 Å². The van der Waals surface area contributed by atoms with Crippen LogP contribution in [0.25, 0.3) is 10.8 Å². The van der Waals surface area contributed by atoms with Gasteiger partial charge in [0.05, 0.1) is 19.8 Å². The molecule has 30 heavy (non-hydrogen) atoms. The summed E-state index contributed by atoms with van der Waals surface area (Å²) in [6.45, 7) is 5.84. The molecule has 1 atom stereocenters. The van der Waals surface area contributed by atoms with Crippen molar-refractivity contribution in [3.63, 3.8) is 0 Å². The number of ether oxygens (including phenoxy) is 2. The first-order valence-electron chi connectivity index (χ1n) is 10.5. The van der Waals surface area contributed by atoms with Gasteiger partial charge in [-0.05, 0) is 46.5 Å². The van der Waals surface area contributed by atoms with Crippen LogP contribution in [0.3, 0.4) is 0 Å². The van der Waals surface area contributed by atoms with Gasteiger partial charge in [-0.2, -0.15) is 0 Å². The summed E-state index contributed by atoms with van der Waals surface area (Å²) in [6, 6.07) is 20.1. The largest absolute Gasteiger partial charge is 0.490 e. The third-order valence-corrected chi connectivity index (χ3v) is 5.31. The second-order valence-electron chi connectivity index (χ2n) is 7.97. The molecule has 0 unspecified atom stereocenters. The van der Waals surface area contributed by atoms with Crippen LogP contribution in [-0.4, -0.2) is 25.7 Å². The summed E-state index contributed by atoms with van der Waals surface area (Å²) in [5.41, 5.74) is 1.89. The van der Waals surface area contributed by atoms with E-state index < -0.39 is 0 Å². The summed E-state index contributed by atoms with van der Waals surface area (Å²) in [4.78, 5) is 12.6. The molecule has 1 aliphatic heterocycles. The van der Waals surface area contributed by atoms with Gasteiger partial charge in [0, 0.05) is 18.2 Å². The van der Waals surface area contributed by atoms with E-state index in [4.69, 9.17) is 9.47 Å². The van der Waals surface area contributed by atoms with E-state index in [9.17, 15) is 4.79 Å². The maximum absolute atomic E-state index is 12.6. The van der Waals surface area contributed by atoms with Crippen LogP contribution >= 0.6 is 0 Å². The maximum atomic E-state index is 12.6. The number of rotatable bonds is 6. The summed E-state index contributed by atoms with van der Waals surface area (Å²) in [5, 5.41) is 8.66. The lowest BCUT2D eigenvalue weighted by molar-refractivity contribution is -0.115. The van der Waals surface area contributed by atoms with E-state index in [-0.39, 0.29) is 18.5 Å². The van der Waals surface area contributed by atoms with Crippen molar-refractivity contribution in [2.24, 2.45) is 5.92 Å². The van der Waals surface area contributed by atoms with Crippen LogP contribution in [0.15, 0.2) is 60.7 Å². The van der Waals surface area contributed by atoms with E-state index in [2.05, 4.69) is 30.5 Å². The van der Waals surface area contributed by atoms with Gasteiger partial charge < -0.3 is 20.1 Å². The van der Waals surface area contributed by atoms with Crippen LogP contribution in [0, 0.1) is 5.92 Å². The summed E-state index contributed by atoms with van der Waals surface area (Å²) in [5.74, 6) is 1.80. The first kappa shape index (κ1) is 20.2. The molecule has 0 saturated carbocycles. The Morgan fingerprint density at radius 1 is 0.933 bits per heavy atom. The number of hydrogen-bond acceptors (Lipinski definition) is 4. The summed E-state index contributed by atoms with van der Waals surface area (Å²) in [7, 11) is 0. The highest BCUT2D eigenvalue weighted by Crippen LogP contribution is 2.34. The van der Waals surface area contributed by atoms with Crippen molar-refractivity contribution in [2.75, 3.05) is 25.1 Å². The lowest BCUT2D eigenvalue weighted by Gasteiger charge is -2.23. The van der Waals surface area contributed by atoms with Crippen LogP contribution in [0.2, 0.25) is 0 Å². The minimum atomic E-state index is -0.0646. The second-order valence-corrected chi connectivity index (χ2v) is 7.97. The monoisotopic (exact) mass is 404 g/mol. The van der Waals surface area contributed by atoms with Gasteiger partial charge in [0.25, 0.3) is 0 Å². The molecule has 5 heteroatoms. The Morgan fingerprint density at radius 3 is 2.50 bits per heavy atom. The molecule has 0 aromatic heterocycles. The van der Waals surface area contributed by atoms with Gasteiger partial charge in [-0.1, -0.05) is 50.2 Å². The van der Waals surface area contributed by atoms with Gasteiger partial charge in [-0.3, -0.25) is 4.79 Å². The van der Waals surface area contributed by atoms with E-state index in [0.29, 0.717) is 19.1 Å². The summed E-state index contributed by atoms with van der Waals surface area (Å²) in [6.07, 6.45) is 0.880. The van der Waals surface area contributed by atoms with Crippen LogP contribution in [-0.2, 0) is 4.79 Å². The molecule has 3 aromatic carbocycles. The Kier molecular flexibility index (Phi) is 6.19. The van der Waals surface area contributed by atoms with Crippen LogP contribution < -0.4 is 20.1 Å². The van der Waals surface area contributed by atoms with Gasteiger partial charge in [0.1, 0.15) is 0 Å². The van der Waals surface area contributed by atoms with E-state index in [1.807, 2.05) is 54.6 Å². The second kappa shape index (κ2) is 9.18. The zero-order valence-electron chi connectivity index (χ0n) is 17.5. The normalized spacial score (nSPS) is 14.4. The molecule has 0 bridgehead atoms. The number of carbonyl (C=O) groups excluding carboxylic acids is 1. The molecule has 5 nitrogen and oxygen atoms in total. The molecule has 0 spiro atoms. The predicted molar refractivity (Wildman–Crippen MR) is 120 cm³/mol. The lowest BCUT2D eigenvalue weighted by Crippen LogP contribution is -2.33.